The standard InChI is InChI=1S/C20H21ClN4/c1-3-25(18-7-5-4-6-8-18)20-13-19(23-15(2)24-20)22-14-16-9-11-17(21)12-10-16/h4-13H,3,14H2,1-2H3,(H,22,23,24). The lowest BCUT2D eigenvalue weighted by Crippen LogP contribution is -2.18. The van der Waals surface area contributed by atoms with Crippen LogP contribution in [0.2, 0.25) is 5.02 Å². The van der Waals surface area contributed by atoms with Gasteiger partial charge in [0.15, 0.2) is 0 Å². The summed E-state index contributed by atoms with van der Waals surface area (Å²) in [4.78, 5) is 11.3. The Kier molecular flexibility index (Phi) is 5.51. The quantitative estimate of drug-likeness (QED) is 0.661. The van der Waals surface area contributed by atoms with Crippen LogP contribution in [0.1, 0.15) is 18.3 Å². The highest BCUT2D eigenvalue weighted by molar-refractivity contribution is 6.30. The van der Waals surface area contributed by atoms with E-state index in [0.29, 0.717) is 6.54 Å². The van der Waals surface area contributed by atoms with Gasteiger partial charge in [0, 0.05) is 29.9 Å². The van der Waals surface area contributed by atoms with Gasteiger partial charge in [0.1, 0.15) is 17.5 Å². The molecule has 5 heteroatoms. The highest BCUT2D eigenvalue weighted by Crippen LogP contribution is 2.25. The predicted octanol–water partition coefficient (Wildman–Crippen LogP) is 5.21. The lowest BCUT2D eigenvalue weighted by Gasteiger charge is -2.23. The van der Waals surface area contributed by atoms with E-state index in [0.717, 1.165) is 40.3 Å². The molecule has 0 saturated heterocycles. The van der Waals surface area contributed by atoms with Crippen molar-refractivity contribution in [2.75, 3.05) is 16.8 Å². The summed E-state index contributed by atoms with van der Waals surface area (Å²) in [6.07, 6.45) is 0. The van der Waals surface area contributed by atoms with Gasteiger partial charge in [-0.15, -0.1) is 0 Å². The van der Waals surface area contributed by atoms with Crippen LogP contribution in [0.5, 0.6) is 0 Å². The molecule has 3 rings (SSSR count). The second-order valence-electron chi connectivity index (χ2n) is 5.72. The number of hydrogen-bond donors (Lipinski definition) is 1. The maximum Gasteiger partial charge on any atom is 0.138 e. The molecule has 1 heterocycles. The Labute approximate surface area is 153 Å². The molecular formula is C20H21ClN4. The number of para-hydroxylation sites is 1. The average molecular weight is 353 g/mol. The Hall–Kier alpha value is -2.59. The highest BCUT2D eigenvalue weighted by atomic mass is 35.5. The van der Waals surface area contributed by atoms with Crippen molar-refractivity contribution in [2.24, 2.45) is 0 Å². The lowest BCUT2D eigenvalue weighted by molar-refractivity contribution is 0.946. The maximum atomic E-state index is 5.93. The van der Waals surface area contributed by atoms with E-state index in [1.807, 2.05) is 55.5 Å². The van der Waals surface area contributed by atoms with E-state index < -0.39 is 0 Å². The number of anilines is 3. The fourth-order valence-corrected chi connectivity index (χ4v) is 2.79. The molecule has 0 aliphatic rings. The molecule has 0 bridgehead atoms. The number of rotatable bonds is 6. The third kappa shape index (κ3) is 4.48. The Bertz CT molecular complexity index is 819. The third-order valence-corrected chi connectivity index (χ3v) is 4.12. The van der Waals surface area contributed by atoms with E-state index in [1.165, 1.54) is 0 Å². The van der Waals surface area contributed by atoms with Crippen molar-refractivity contribution in [1.29, 1.82) is 0 Å². The smallest absolute Gasteiger partial charge is 0.138 e. The van der Waals surface area contributed by atoms with E-state index >= 15 is 0 Å². The summed E-state index contributed by atoms with van der Waals surface area (Å²) in [6, 6.07) is 20.0. The first-order chi connectivity index (χ1) is 12.2. The van der Waals surface area contributed by atoms with Crippen molar-refractivity contribution in [3.63, 3.8) is 0 Å². The van der Waals surface area contributed by atoms with Crippen molar-refractivity contribution < 1.29 is 0 Å². The van der Waals surface area contributed by atoms with Crippen LogP contribution >= 0.6 is 11.6 Å². The molecule has 0 amide bonds. The topological polar surface area (TPSA) is 41.0 Å². The summed E-state index contributed by atoms with van der Waals surface area (Å²) >= 11 is 5.93. The molecule has 128 valence electrons. The van der Waals surface area contributed by atoms with Gasteiger partial charge in [0.05, 0.1) is 0 Å². The van der Waals surface area contributed by atoms with Gasteiger partial charge in [0.2, 0.25) is 0 Å². The van der Waals surface area contributed by atoms with E-state index in [4.69, 9.17) is 11.6 Å². The first-order valence-corrected chi connectivity index (χ1v) is 8.70. The normalized spacial score (nSPS) is 10.5. The molecule has 0 spiro atoms. The van der Waals surface area contributed by atoms with Crippen LogP contribution < -0.4 is 10.2 Å². The van der Waals surface area contributed by atoms with Gasteiger partial charge in [-0.3, -0.25) is 0 Å². The minimum absolute atomic E-state index is 0.685. The second kappa shape index (κ2) is 7.99. The fraction of sp³-hybridized carbons (Fsp3) is 0.200. The maximum absolute atomic E-state index is 5.93. The summed E-state index contributed by atoms with van der Waals surface area (Å²) in [5.74, 6) is 2.44. The SMILES string of the molecule is CCN(c1ccccc1)c1cc(NCc2ccc(Cl)cc2)nc(C)n1. The van der Waals surface area contributed by atoms with Crippen LogP contribution in [-0.4, -0.2) is 16.5 Å². The van der Waals surface area contributed by atoms with E-state index in [-0.39, 0.29) is 0 Å². The van der Waals surface area contributed by atoms with Crippen molar-refractivity contribution in [1.82, 2.24) is 9.97 Å². The lowest BCUT2D eigenvalue weighted by atomic mass is 10.2. The molecule has 25 heavy (non-hydrogen) atoms. The summed E-state index contributed by atoms with van der Waals surface area (Å²) in [5.41, 5.74) is 2.27. The minimum atomic E-state index is 0.685. The average Bonchev–Trinajstić information content (AvgIpc) is 2.62. The van der Waals surface area contributed by atoms with Gasteiger partial charge < -0.3 is 10.2 Å². The molecule has 0 unspecified atom stereocenters. The Morgan fingerprint density at radius 3 is 2.40 bits per heavy atom. The van der Waals surface area contributed by atoms with Crippen LogP contribution in [0.4, 0.5) is 17.3 Å². The molecular weight excluding hydrogens is 332 g/mol. The number of aryl methyl sites for hydroxylation is 1. The van der Waals surface area contributed by atoms with Gasteiger partial charge in [-0.25, -0.2) is 9.97 Å². The molecule has 0 atom stereocenters. The van der Waals surface area contributed by atoms with E-state index in [2.05, 4.69) is 39.2 Å². The monoisotopic (exact) mass is 352 g/mol. The Morgan fingerprint density at radius 2 is 1.72 bits per heavy atom. The summed E-state index contributed by atoms with van der Waals surface area (Å²) < 4.78 is 0. The largest absolute Gasteiger partial charge is 0.366 e. The summed E-state index contributed by atoms with van der Waals surface area (Å²) in [6.45, 7) is 5.54. The minimum Gasteiger partial charge on any atom is -0.366 e. The summed E-state index contributed by atoms with van der Waals surface area (Å²) in [7, 11) is 0. The molecule has 0 fully saturated rings. The molecule has 3 aromatic rings. The number of benzene rings is 2. The first-order valence-electron chi connectivity index (χ1n) is 8.32. The van der Waals surface area contributed by atoms with Gasteiger partial charge >= 0.3 is 0 Å². The van der Waals surface area contributed by atoms with Crippen molar-refractivity contribution in [2.45, 2.75) is 20.4 Å². The van der Waals surface area contributed by atoms with Gasteiger partial charge in [-0.2, -0.15) is 0 Å². The summed E-state index contributed by atoms with van der Waals surface area (Å²) in [5, 5.41) is 4.11. The van der Waals surface area contributed by atoms with Crippen LogP contribution in [0, 0.1) is 6.92 Å². The number of nitrogens with zero attached hydrogens (tertiary/aromatic N) is 3. The highest BCUT2D eigenvalue weighted by Gasteiger charge is 2.11. The zero-order chi connectivity index (χ0) is 17.6. The van der Waals surface area contributed by atoms with Crippen molar-refractivity contribution in [3.8, 4) is 0 Å². The second-order valence-corrected chi connectivity index (χ2v) is 6.15. The van der Waals surface area contributed by atoms with Crippen LogP contribution in [0.3, 0.4) is 0 Å². The first kappa shape index (κ1) is 17.2. The van der Waals surface area contributed by atoms with Crippen LogP contribution in [-0.2, 0) is 6.54 Å². The molecule has 0 radical (unpaired) electrons. The van der Waals surface area contributed by atoms with Crippen LogP contribution in [0.25, 0.3) is 0 Å². The Morgan fingerprint density at radius 1 is 1.00 bits per heavy atom. The molecule has 0 aliphatic heterocycles. The molecule has 1 aromatic heterocycles. The number of aromatic nitrogens is 2. The number of halogens is 1. The Balaban J connectivity index is 1.81. The number of hydrogen-bond acceptors (Lipinski definition) is 4. The molecule has 0 saturated carbocycles. The predicted molar refractivity (Wildman–Crippen MR) is 105 cm³/mol. The van der Waals surface area contributed by atoms with Gasteiger partial charge in [0.25, 0.3) is 0 Å². The van der Waals surface area contributed by atoms with Crippen molar-refractivity contribution in [3.05, 3.63) is 77.1 Å². The number of nitrogens with one attached hydrogen (secondary N) is 1. The molecule has 4 nitrogen and oxygen atoms in total. The zero-order valence-corrected chi connectivity index (χ0v) is 15.2. The van der Waals surface area contributed by atoms with Crippen LogP contribution in [0.15, 0.2) is 60.7 Å². The molecule has 0 aliphatic carbocycles. The van der Waals surface area contributed by atoms with E-state index in [9.17, 15) is 0 Å². The van der Waals surface area contributed by atoms with E-state index in [1.54, 1.807) is 0 Å². The molecule has 2 aromatic carbocycles. The third-order valence-electron chi connectivity index (χ3n) is 3.87. The van der Waals surface area contributed by atoms with Gasteiger partial charge in [-0.05, 0) is 43.7 Å². The van der Waals surface area contributed by atoms with Gasteiger partial charge in [-0.1, -0.05) is 41.9 Å². The molecule has 1 N–H and O–H groups in total. The fourth-order valence-electron chi connectivity index (χ4n) is 2.66. The van der Waals surface area contributed by atoms with Crippen molar-refractivity contribution >= 4 is 28.9 Å². The zero-order valence-electron chi connectivity index (χ0n) is 14.4.